The standard InChI is InChI=1S/C20H28N4O2/c21-19(26)15-6-3-9-22-20(15)24-11-16(14-7-8-14)17(12-24)23-18(25)10-13-4-1-2-5-13/h3,6,9,13-14,16-17H,1-2,4-5,7-8,10-12H2,(H2,21,26)(H,23,25)/t16-,17+/m0/s1. The van der Waals surface area contributed by atoms with Crippen molar-refractivity contribution in [1.82, 2.24) is 10.3 Å². The van der Waals surface area contributed by atoms with Crippen molar-refractivity contribution < 1.29 is 9.59 Å². The second-order valence-corrected chi connectivity index (χ2v) is 8.17. The Bertz CT molecular complexity index is 682. The Morgan fingerprint density at radius 3 is 2.65 bits per heavy atom. The summed E-state index contributed by atoms with van der Waals surface area (Å²) in [6.45, 7) is 1.53. The van der Waals surface area contributed by atoms with Crippen molar-refractivity contribution in [3.8, 4) is 0 Å². The number of pyridine rings is 1. The number of nitrogens with one attached hydrogen (secondary N) is 1. The monoisotopic (exact) mass is 356 g/mol. The molecule has 0 bridgehead atoms. The number of carbonyl (C=O) groups is 2. The molecule has 0 spiro atoms. The number of nitrogens with zero attached hydrogens (tertiary/aromatic N) is 2. The van der Waals surface area contributed by atoms with Crippen molar-refractivity contribution in [2.75, 3.05) is 18.0 Å². The van der Waals surface area contributed by atoms with Crippen LogP contribution in [0.2, 0.25) is 0 Å². The third-order valence-electron chi connectivity index (χ3n) is 6.24. The Morgan fingerprint density at radius 1 is 1.19 bits per heavy atom. The van der Waals surface area contributed by atoms with Gasteiger partial charge in [0.05, 0.1) is 11.6 Å². The maximum Gasteiger partial charge on any atom is 0.252 e. The molecule has 3 N–H and O–H groups in total. The van der Waals surface area contributed by atoms with Gasteiger partial charge < -0.3 is 16.0 Å². The van der Waals surface area contributed by atoms with Crippen LogP contribution in [-0.2, 0) is 4.79 Å². The lowest BCUT2D eigenvalue weighted by atomic mass is 9.97. The molecular formula is C20H28N4O2. The number of primary amides is 1. The van der Waals surface area contributed by atoms with Crippen molar-refractivity contribution >= 4 is 17.6 Å². The Hall–Kier alpha value is -2.11. The molecule has 0 radical (unpaired) electrons. The summed E-state index contributed by atoms with van der Waals surface area (Å²) in [6, 6.07) is 3.60. The summed E-state index contributed by atoms with van der Waals surface area (Å²) >= 11 is 0. The van der Waals surface area contributed by atoms with Crippen LogP contribution in [-0.4, -0.2) is 35.9 Å². The van der Waals surface area contributed by atoms with E-state index in [2.05, 4.69) is 15.2 Å². The molecule has 0 unspecified atom stereocenters. The zero-order valence-electron chi connectivity index (χ0n) is 15.2. The first-order chi connectivity index (χ1) is 12.6. The van der Waals surface area contributed by atoms with Crippen LogP contribution in [0.25, 0.3) is 0 Å². The number of rotatable bonds is 6. The minimum absolute atomic E-state index is 0.138. The van der Waals surface area contributed by atoms with E-state index in [4.69, 9.17) is 5.73 Å². The van der Waals surface area contributed by atoms with Crippen molar-refractivity contribution in [2.24, 2.45) is 23.5 Å². The molecule has 0 aromatic carbocycles. The van der Waals surface area contributed by atoms with E-state index in [9.17, 15) is 9.59 Å². The van der Waals surface area contributed by atoms with E-state index in [0.717, 1.165) is 6.54 Å². The largest absolute Gasteiger partial charge is 0.365 e. The fourth-order valence-corrected chi connectivity index (χ4v) is 4.74. The SMILES string of the molecule is NC(=O)c1cccnc1N1C[C@@H](NC(=O)CC2CCCC2)[C@H](C2CC2)C1. The van der Waals surface area contributed by atoms with Gasteiger partial charge in [-0.25, -0.2) is 4.98 Å². The fraction of sp³-hybridized carbons (Fsp3) is 0.650. The molecule has 1 aromatic heterocycles. The van der Waals surface area contributed by atoms with Crippen molar-refractivity contribution in [3.05, 3.63) is 23.9 Å². The molecule has 2 saturated carbocycles. The lowest BCUT2D eigenvalue weighted by Crippen LogP contribution is -2.41. The first kappa shape index (κ1) is 17.3. The predicted octanol–water partition coefficient (Wildman–Crippen LogP) is 2.09. The van der Waals surface area contributed by atoms with E-state index < -0.39 is 5.91 Å². The van der Waals surface area contributed by atoms with Gasteiger partial charge >= 0.3 is 0 Å². The first-order valence-electron chi connectivity index (χ1n) is 9.91. The molecule has 2 atom stereocenters. The summed E-state index contributed by atoms with van der Waals surface area (Å²) < 4.78 is 0. The maximum absolute atomic E-state index is 12.5. The van der Waals surface area contributed by atoms with E-state index in [-0.39, 0.29) is 11.9 Å². The number of aromatic nitrogens is 1. The van der Waals surface area contributed by atoms with Gasteiger partial charge in [-0.1, -0.05) is 12.8 Å². The zero-order chi connectivity index (χ0) is 18.1. The molecule has 140 valence electrons. The van der Waals surface area contributed by atoms with Gasteiger partial charge in [-0.3, -0.25) is 9.59 Å². The maximum atomic E-state index is 12.5. The van der Waals surface area contributed by atoms with Crippen LogP contribution >= 0.6 is 0 Å². The molecule has 26 heavy (non-hydrogen) atoms. The van der Waals surface area contributed by atoms with Crippen LogP contribution in [0.1, 0.15) is 55.3 Å². The van der Waals surface area contributed by atoms with E-state index in [0.29, 0.717) is 42.1 Å². The minimum atomic E-state index is -0.454. The number of carbonyl (C=O) groups excluding carboxylic acids is 2. The molecule has 3 fully saturated rings. The van der Waals surface area contributed by atoms with E-state index in [1.165, 1.54) is 38.5 Å². The van der Waals surface area contributed by atoms with Gasteiger partial charge in [0.1, 0.15) is 5.82 Å². The van der Waals surface area contributed by atoms with E-state index in [1.54, 1.807) is 18.3 Å². The molecule has 1 saturated heterocycles. The number of hydrogen-bond donors (Lipinski definition) is 2. The molecule has 3 aliphatic rings. The number of nitrogens with two attached hydrogens (primary N) is 1. The van der Waals surface area contributed by atoms with Crippen molar-refractivity contribution in [1.29, 1.82) is 0 Å². The van der Waals surface area contributed by atoms with Gasteiger partial charge in [0, 0.05) is 31.6 Å². The highest BCUT2D eigenvalue weighted by atomic mass is 16.2. The van der Waals surface area contributed by atoms with Crippen molar-refractivity contribution in [2.45, 2.75) is 51.0 Å². The average molecular weight is 356 g/mol. The molecule has 1 aliphatic heterocycles. The first-order valence-corrected chi connectivity index (χ1v) is 9.91. The summed E-state index contributed by atoms with van der Waals surface area (Å²) in [5.74, 6) is 2.06. The second-order valence-electron chi connectivity index (χ2n) is 8.17. The molecule has 1 aromatic rings. The second kappa shape index (κ2) is 7.25. The van der Waals surface area contributed by atoms with Crippen LogP contribution in [0.3, 0.4) is 0 Å². The predicted molar refractivity (Wildman–Crippen MR) is 99.7 cm³/mol. The molecule has 6 nitrogen and oxygen atoms in total. The topological polar surface area (TPSA) is 88.3 Å². The van der Waals surface area contributed by atoms with Gasteiger partial charge in [0.2, 0.25) is 5.91 Å². The smallest absolute Gasteiger partial charge is 0.252 e. The van der Waals surface area contributed by atoms with Crippen LogP contribution < -0.4 is 16.0 Å². The number of amides is 2. The van der Waals surface area contributed by atoms with E-state index in [1.807, 2.05) is 0 Å². The summed E-state index contributed by atoms with van der Waals surface area (Å²) in [7, 11) is 0. The quantitative estimate of drug-likeness (QED) is 0.817. The lowest BCUT2D eigenvalue weighted by Gasteiger charge is -2.20. The number of anilines is 1. The van der Waals surface area contributed by atoms with Crippen LogP contribution in [0, 0.1) is 17.8 Å². The Labute approximate surface area is 154 Å². The van der Waals surface area contributed by atoms with Gasteiger partial charge in [0.25, 0.3) is 5.91 Å². The Balaban J connectivity index is 1.45. The molecule has 2 amide bonds. The van der Waals surface area contributed by atoms with Gasteiger partial charge in [-0.15, -0.1) is 0 Å². The highest BCUT2D eigenvalue weighted by Crippen LogP contribution is 2.42. The van der Waals surface area contributed by atoms with Gasteiger partial charge in [-0.2, -0.15) is 0 Å². The Morgan fingerprint density at radius 2 is 1.96 bits per heavy atom. The third kappa shape index (κ3) is 3.69. The highest BCUT2D eigenvalue weighted by Gasteiger charge is 2.44. The zero-order valence-corrected chi connectivity index (χ0v) is 15.2. The normalized spacial score (nSPS) is 26.2. The van der Waals surface area contributed by atoms with Gasteiger partial charge in [0.15, 0.2) is 0 Å². The molecule has 6 heteroatoms. The molecule has 2 aliphatic carbocycles. The summed E-state index contributed by atoms with van der Waals surface area (Å²) in [5.41, 5.74) is 5.98. The number of hydrogen-bond acceptors (Lipinski definition) is 4. The highest BCUT2D eigenvalue weighted by molar-refractivity contribution is 5.97. The average Bonchev–Trinajstić information content (AvgIpc) is 3.18. The summed E-state index contributed by atoms with van der Waals surface area (Å²) in [5, 5.41) is 3.30. The molecule has 2 heterocycles. The molecular weight excluding hydrogens is 328 g/mol. The van der Waals surface area contributed by atoms with Crippen LogP contribution in [0.15, 0.2) is 18.3 Å². The van der Waals surface area contributed by atoms with Crippen molar-refractivity contribution in [3.63, 3.8) is 0 Å². The third-order valence-corrected chi connectivity index (χ3v) is 6.24. The minimum Gasteiger partial charge on any atom is -0.365 e. The van der Waals surface area contributed by atoms with Crippen LogP contribution in [0.5, 0.6) is 0 Å². The molecule has 4 rings (SSSR count). The Kier molecular flexibility index (Phi) is 4.83. The lowest BCUT2D eigenvalue weighted by molar-refractivity contribution is -0.122. The summed E-state index contributed by atoms with van der Waals surface area (Å²) in [4.78, 5) is 30.8. The van der Waals surface area contributed by atoms with E-state index >= 15 is 0 Å². The summed E-state index contributed by atoms with van der Waals surface area (Å²) in [6.07, 6.45) is 9.71. The van der Waals surface area contributed by atoms with Gasteiger partial charge in [-0.05, 0) is 49.7 Å². The van der Waals surface area contributed by atoms with Crippen LogP contribution in [0.4, 0.5) is 5.82 Å². The fourth-order valence-electron chi connectivity index (χ4n) is 4.74.